The van der Waals surface area contributed by atoms with Crippen LogP contribution in [-0.4, -0.2) is 14.8 Å². The molecule has 0 saturated carbocycles. The first-order valence-corrected chi connectivity index (χ1v) is 4.43. The van der Waals surface area contributed by atoms with E-state index < -0.39 is 0 Å². The minimum atomic E-state index is 0.537. The van der Waals surface area contributed by atoms with Crippen molar-refractivity contribution in [2.45, 2.75) is 6.54 Å². The van der Waals surface area contributed by atoms with Crippen LogP contribution in [0.25, 0.3) is 11.3 Å². The first-order chi connectivity index (χ1) is 6.79. The molecule has 0 bridgehead atoms. The minimum absolute atomic E-state index is 0.537. The fourth-order valence-corrected chi connectivity index (χ4v) is 1.31. The van der Waals surface area contributed by atoms with E-state index in [1.165, 1.54) is 0 Å². The van der Waals surface area contributed by atoms with Crippen molar-refractivity contribution in [3.63, 3.8) is 0 Å². The largest absolute Gasteiger partial charge is 0.326 e. The molecule has 72 valence electrons. The third kappa shape index (κ3) is 1.65. The van der Waals surface area contributed by atoms with Crippen molar-refractivity contribution in [1.29, 1.82) is 0 Å². The van der Waals surface area contributed by atoms with Gasteiger partial charge in [0.2, 0.25) is 0 Å². The standard InChI is InChI=1S/C10H12N4/c1-14-7-9(6-13-14)10-4-8(5-11)2-3-12-10/h2-4,6-7H,5,11H2,1H3. The van der Waals surface area contributed by atoms with Gasteiger partial charge in [-0.05, 0) is 17.7 Å². The smallest absolute Gasteiger partial charge is 0.0736 e. The first kappa shape index (κ1) is 8.90. The van der Waals surface area contributed by atoms with E-state index in [1.54, 1.807) is 17.1 Å². The molecule has 0 aliphatic heterocycles. The van der Waals surface area contributed by atoms with Gasteiger partial charge in [-0.2, -0.15) is 5.10 Å². The van der Waals surface area contributed by atoms with E-state index in [2.05, 4.69) is 10.1 Å². The Hall–Kier alpha value is -1.68. The molecule has 14 heavy (non-hydrogen) atoms. The van der Waals surface area contributed by atoms with Crippen LogP contribution in [0.1, 0.15) is 5.56 Å². The normalized spacial score (nSPS) is 10.4. The number of aryl methyl sites for hydroxylation is 1. The molecular formula is C10H12N4. The van der Waals surface area contributed by atoms with Gasteiger partial charge in [0.15, 0.2) is 0 Å². The quantitative estimate of drug-likeness (QED) is 0.763. The minimum Gasteiger partial charge on any atom is -0.326 e. The Balaban J connectivity index is 2.41. The average molecular weight is 188 g/mol. The van der Waals surface area contributed by atoms with E-state index in [-0.39, 0.29) is 0 Å². The lowest BCUT2D eigenvalue weighted by Crippen LogP contribution is -1.96. The molecule has 0 radical (unpaired) electrons. The van der Waals surface area contributed by atoms with Crippen molar-refractivity contribution >= 4 is 0 Å². The SMILES string of the molecule is Cn1cc(-c2cc(CN)ccn2)cn1. The van der Waals surface area contributed by atoms with E-state index in [4.69, 9.17) is 5.73 Å². The zero-order valence-electron chi connectivity index (χ0n) is 8.01. The molecule has 4 nitrogen and oxygen atoms in total. The second-order valence-electron chi connectivity index (χ2n) is 3.16. The summed E-state index contributed by atoms with van der Waals surface area (Å²) < 4.78 is 1.76. The Labute approximate surface area is 82.4 Å². The van der Waals surface area contributed by atoms with Crippen LogP contribution in [0.5, 0.6) is 0 Å². The van der Waals surface area contributed by atoms with Gasteiger partial charge in [-0.25, -0.2) is 0 Å². The maximum atomic E-state index is 5.55. The third-order valence-corrected chi connectivity index (χ3v) is 2.06. The van der Waals surface area contributed by atoms with Crippen LogP contribution in [0, 0.1) is 0 Å². The molecule has 2 heterocycles. The molecule has 0 aliphatic rings. The first-order valence-electron chi connectivity index (χ1n) is 4.43. The molecule has 0 amide bonds. The van der Waals surface area contributed by atoms with Gasteiger partial charge in [-0.15, -0.1) is 0 Å². The van der Waals surface area contributed by atoms with Crippen LogP contribution in [0.15, 0.2) is 30.7 Å². The molecule has 2 N–H and O–H groups in total. The molecule has 4 heteroatoms. The number of hydrogen-bond donors (Lipinski definition) is 1. The molecule has 2 aromatic rings. The van der Waals surface area contributed by atoms with Crippen molar-refractivity contribution in [2.24, 2.45) is 12.8 Å². The summed E-state index contributed by atoms with van der Waals surface area (Å²) in [5.74, 6) is 0. The molecule has 0 aliphatic carbocycles. The third-order valence-electron chi connectivity index (χ3n) is 2.06. The van der Waals surface area contributed by atoms with Crippen molar-refractivity contribution < 1.29 is 0 Å². The highest BCUT2D eigenvalue weighted by Crippen LogP contribution is 2.16. The predicted octanol–water partition coefficient (Wildman–Crippen LogP) is 0.941. The van der Waals surface area contributed by atoms with Crippen molar-refractivity contribution in [2.75, 3.05) is 0 Å². The van der Waals surface area contributed by atoms with Gasteiger partial charge in [0, 0.05) is 31.5 Å². The van der Waals surface area contributed by atoms with Gasteiger partial charge >= 0.3 is 0 Å². The zero-order valence-corrected chi connectivity index (χ0v) is 8.01. The highest BCUT2D eigenvalue weighted by Gasteiger charge is 2.01. The lowest BCUT2D eigenvalue weighted by atomic mass is 10.2. The summed E-state index contributed by atoms with van der Waals surface area (Å²) in [6.07, 6.45) is 5.50. The van der Waals surface area contributed by atoms with Gasteiger partial charge < -0.3 is 5.73 Å². The Bertz CT molecular complexity index is 433. The Morgan fingerprint density at radius 3 is 3.00 bits per heavy atom. The van der Waals surface area contributed by atoms with Crippen molar-refractivity contribution in [3.8, 4) is 11.3 Å². The predicted molar refractivity (Wildman–Crippen MR) is 54.3 cm³/mol. The molecule has 0 atom stereocenters. The van der Waals surface area contributed by atoms with E-state index in [1.807, 2.05) is 25.4 Å². The Morgan fingerprint density at radius 2 is 2.36 bits per heavy atom. The highest BCUT2D eigenvalue weighted by atomic mass is 15.2. The summed E-state index contributed by atoms with van der Waals surface area (Å²) in [5.41, 5.74) is 8.57. The van der Waals surface area contributed by atoms with Crippen molar-refractivity contribution in [3.05, 3.63) is 36.3 Å². The summed E-state index contributed by atoms with van der Waals surface area (Å²) in [7, 11) is 1.89. The number of nitrogens with two attached hydrogens (primary N) is 1. The number of hydrogen-bond acceptors (Lipinski definition) is 3. The lowest BCUT2D eigenvalue weighted by Gasteiger charge is -1.99. The van der Waals surface area contributed by atoms with Crippen LogP contribution < -0.4 is 5.73 Å². The van der Waals surface area contributed by atoms with E-state index in [0.29, 0.717) is 6.54 Å². The van der Waals surface area contributed by atoms with E-state index >= 15 is 0 Å². The topological polar surface area (TPSA) is 56.7 Å². The summed E-state index contributed by atoms with van der Waals surface area (Å²) in [4.78, 5) is 4.26. The molecule has 0 fully saturated rings. The molecule has 2 rings (SSSR count). The highest BCUT2D eigenvalue weighted by molar-refractivity contribution is 5.57. The fraction of sp³-hybridized carbons (Fsp3) is 0.200. The van der Waals surface area contributed by atoms with E-state index in [0.717, 1.165) is 16.8 Å². The average Bonchev–Trinajstić information content (AvgIpc) is 2.65. The lowest BCUT2D eigenvalue weighted by molar-refractivity contribution is 0.768. The summed E-state index contributed by atoms with van der Waals surface area (Å²) in [5, 5.41) is 4.09. The molecule has 0 spiro atoms. The van der Waals surface area contributed by atoms with Crippen LogP contribution in [0.4, 0.5) is 0 Å². The van der Waals surface area contributed by atoms with Gasteiger partial charge in [0.25, 0.3) is 0 Å². The number of aromatic nitrogens is 3. The van der Waals surface area contributed by atoms with Gasteiger partial charge in [0.05, 0.1) is 11.9 Å². The van der Waals surface area contributed by atoms with Crippen LogP contribution in [0.2, 0.25) is 0 Å². The molecule has 0 unspecified atom stereocenters. The number of nitrogens with zero attached hydrogens (tertiary/aromatic N) is 3. The summed E-state index contributed by atoms with van der Waals surface area (Å²) in [6.45, 7) is 0.537. The van der Waals surface area contributed by atoms with E-state index in [9.17, 15) is 0 Å². The second kappa shape index (κ2) is 3.59. The van der Waals surface area contributed by atoms with Crippen LogP contribution >= 0.6 is 0 Å². The van der Waals surface area contributed by atoms with Crippen molar-refractivity contribution in [1.82, 2.24) is 14.8 Å². The zero-order chi connectivity index (χ0) is 9.97. The summed E-state index contributed by atoms with van der Waals surface area (Å²) in [6, 6.07) is 3.90. The van der Waals surface area contributed by atoms with Crippen LogP contribution in [0.3, 0.4) is 0 Å². The van der Waals surface area contributed by atoms with Crippen LogP contribution in [-0.2, 0) is 13.6 Å². The molecule has 2 aromatic heterocycles. The summed E-state index contributed by atoms with van der Waals surface area (Å²) >= 11 is 0. The van der Waals surface area contributed by atoms with Gasteiger partial charge in [-0.3, -0.25) is 9.67 Å². The number of pyridine rings is 1. The molecular weight excluding hydrogens is 176 g/mol. The fourth-order valence-electron chi connectivity index (χ4n) is 1.31. The maximum Gasteiger partial charge on any atom is 0.0736 e. The Kier molecular flexibility index (Phi) is 2.28. The molecule has 0 saturated heterocycles. The molecule has 0 aromatic carbocycles. The Morgan fingerprint density at radius 1 is 1.50 bits per heavy atom. The van der Waals surface area contributed by atoms with Gasteiger partial charge in [0.1, 0.15) is 0 Å². The number of rotatable bonds is 2. The van der Waals surface area contributed by atoms with Gasteiger partial charge in [-0.1, -0.05) is 0 Å². The maximum absolute atomic E-state index is 5.55. The second-order valence-corrected chi connectivity index (χ2v) is 3.16. The monoisotopic (exact) mass is 188 g/mol.